The number of nitrogens with one attached hydrogen (secondary N) is 1. The average Bonchev–Trinajstić information content (AvgIpc) is 2.94. The van der Waals surface area contributed by atoms with E-state index in [9.17, 15) is 9.59 Å². The highest BCUT2D eigenvalue weighted by Gasteiger charge is 2.37. The minimum atomic E-state index is -0.885. The highest BCUT2D eigenvalue weighted by atomic mass is 16.6. The molecule has 1 fully saturated rings. The minimum absolute atomic E-state index is 0.0384. The van der Waals surface area contributed by atoms with Crippen molar-refractivity contribution in [3.05, 3.63) is 23.8 Å². The maximum Gasteiger partial charge on any atom is 0.305 e. The van der Waals surface area contributed by atoms with Gasteiger partial charge >= 0.3 is 5.97 Å². The highest BCUT2D eigenvalue weighted by molar-refractivity contribution is 5.95. The smallest absolute Gasteiger partial charge is 0.305 e. The number of carbonyl (C=O) groups excluding carboxylic acids is 1. The lowest BCUT2D eigenvalue weighted by Crippen LogP contribution is -2.47. The van der Waals surface area contributed by atoms with E-state index in [-0.39, 0.29) is 12.3 Å². The van der Waals surface area contributed by atoms with Crippen LogP contribution < -0.4 is 14.8 Å². The molecule has 0 unspecified atom stereocenters. The van der Waals surface area contributed by atoms with Gasteiger partial charge in [0, 0.05) is 5.56 Å². The molecule has 0 aromatic heterocycles. The minimum Gasteiger partial charge on any atom is -0.486 e. The van der Waals surface area contributed by atoms with Crippen molar-refractivity contribution in [2.75, 3.05) is 13.2 Å². The monoisotopic (exact) mass is 305 g/mol. The third-order valence-corrected chi connectivity index (χ3v) is 4.23. The van der Waals surface area contributed by atoms with E-state index in [2.05, 4.69) is 5.32 Å². The fraction of sp³-hybridized carbons (Fsp3) is 0.500. The average molecular weight is 305 g/mol. The Morgan fingerprint density at radius 3 is 2.50 bits per heavy atom. The van der Waals surface area contributed by atoms with E-state index in [1.807, 2.05) is 0 Å². The molecule has 1 aromatic rings. The molecule has 2 aliphatic rings. The summed E-state index contributed by atoms with van der Waals surface area (Å²) in [4.78, 5) is 23.6. The summed E-state index contributed by atoms with van der Waals surface area (Å²) in [5.41, 5.74) is -0.170. The zero-order valence-corrected chi connectivity index (χ0v) is 12.3. The molecule has 0 radical (unpaired) electrons. The normalized spacial score (nSPS) is 18.7. The van der Waals surface area contributed by atoms with E-state index < -0.39 is 11.5 Å². The summed E-state index contributed by atoms with van der Waals surface area (Å²) >= 11 is 0. The molecule has 6 nitrogen and oxygen atoms in total. The summed E-state index contributed by atoms with van der Waals surface area (Å²) in [5, 5.41) is 12.0. The number of rotatable bonds is 4. The summed E-state index contributed by atoms with van der Waals surface area (Å²) in [5.74, 6) is 0.0334. The van der Waals surface area contributed by atoms with Gasteiger partial charge in [0.05, 0.1) is 12.0 Å². The Balaban J connectivity index is 1.77. The van der Waals surface area contributed by atoms with Crippen LogP contribution in [0.25, 0.3) is 0 Å². The second kappa shape index (κ2) is 5.87. The fourth-order valence-electron chi connectivity index (χ4n) is 3.18. The highest BCUT2D eigenvalue weighted by Crippen LogP contribution is 2.34. The Kier molecular flexibility index (Phi) is 3.92. The second-order valence-electron chi connectivity index (χ2n) is 5.87. The van der Waals surface area contributed by atoms with Crippen LogP contribution in [0, 0.1) is 0 Å². The van der Waals surface area contributed by atoms with Crippen LogP contribution >= 0.6 is 0 Å². The molecule has 0 atom stereocenters. The lowest BCUT2D eigenvalue weighted by molar-refractivity contribution is -0.138. The van der Waals surface area contributed by atoms with Crippen molar-refractivity contribution in [2.24, 2.45) is 0 Å². The fourth-order valence-corrected chi connectivity index (χ4v) is 3.18. The van der Waals surface area contributed by atoms with Crippen molar-refractivity contribution in [2.45, 2.75) is 37.6 Å². The molecular formula is C16H19NO5. The summed E-state index contributed by atoms with van der Waals surface area (Å²) in [6.07, 6.45) is 3.25. The van der Waals surface area contributed by atoms with E-state index in [0.29, 0.717) is 43.1 Å². The first-order chi connectivity index (χ1) is 10.6. The third-order valence-electron chi connectivity index (χ3n) is 4.23. The van der Waals surface area contributed by atoms with Gasteiger partial charge in [0.1, 0.15) is 13.2 Å². The van der Waals surface area contributed by atoms with Gasteiger partial charge in [-0.1, -0.05) is 12.8 Å². The van der Waals surface area contributed by atoms with E-state index in [1.54, 1.807) is 18.2 Å². The van der Waals surface area contributed by atoms with Gasteiger partial charge in [0.2, 0.25) is 0 Å². The first-order valence-corrected chi connectivity index (χ1v) is 7.52. The predicted molar refractivity (Wildman–Crippen MR) is 78.4 cm³/mol. The molecule has 1 aliphatic heterocycles. The summed E-state index contributed by atoms with van der Waals surface area (Å²) in [7, 11) is 0. The largest absolute Gasteiger partial charge is 0.486 e. The van der Waals surface area contributed by atoms with E-state index in [4.69, 9.17) is 14.6 Å². The van der Waals surface area contributed by atoms with Gasteiger partial charge in [-0.3, -0.25) is 9.59 Å². The van der Waals surface area contributed by atoms with Crippen LogP contribution in [0.5, 0.6) is 11.5 Å². The number of ether oxygens (including phenoxy) is 2. The quantitative estimate of drug-likeness (QED) is 0.888. The van der Waals surface area contributed by atoms with Gasteiger partial charge < -0.3 is 19.9 Å². The standard InChI is InChI=1S/C16H19NO5/c18-14(19)10-16(5-1-2-6-16)17-15(20)11-3-4-12-13(9-11)22-8-7-21-12/h3-4,9H,1-2,5-8,10H2,(H,17,20)(H,18,19). The maximum absolute atomic E-state index is 12.5. The number of hydrogen-bond donors (Lipinski definition) is 2. The molecule has 22 heavy (non-hydrogen) atoms. The number of hydrogen-bond acceptors (Lipinski definition) is 4. The van der Waals surface area contributed by atoms with Gasteiger partial charge in [-0.05, 0) is 31.0 Å². The number of benzene rings is 1. The number of carbonyl (C=O) groups is 2. The zero-order valence-electron chi connectivity index (χ0n) is 12.3. The Hall–Kier alpha value is -2.24. The molecule has 118 valence electrons. The van der Waals surface area contributed by atoms with Gasteiger partial charge in [0.15, 0.2) is 11.5 Å². The first kappa shape index (κ1) is 14.7. The number of aliphatic carboxylic acids is 1. The number of carboxylic acids is 1. The molecule has 0 saturated heterocycles. The molecule has 1 heterocycles. The van der Waals surface area contributed by atoms with Gasteiger partial charge in [0.25, 0.3) is 5.91 Å². The van der Waals surface area contributed by atoms with E-state index in [1.165, 1.54) is 0 Å². The number of carboxylic acid groups (broad SMARTS) is 1. The van der Waals surface area contributed by atoms with Crippen LogP contribution in [0.15, 0.2) is 18.2 Å². The van der Waals surface area contributed by atoms with Crippen LogP contribution in [-0.4, -0.2) is 35.7 Å². The summed E-state index contributed by atoms with van der Waals surface area (Å²) in [6.45, 7) is 0.960. The van der Waals surface area contributed by atoms with Crippen LogP contribution in [0.2, 0.25) is 0 Å². The van der Waals surface area contributed by atoms with Crippen LogP contribution in [0.3, 0.4) is 0 Å². The van der Waals surface area contributed by atoms with Crippen molar-refractivity contribution in [3.63, 3.8) is 0 Å². The van der Waals surface area contributed by atoms with Crippen LogP contribution in [0.1, 0.15) is 42.5 Å². The van der Waals surface area contributed by atoms with Crippen LogP contribution in [0.4, 0.5) is 0 Å². The molecule has 1 aromatic carbocycles. The Morgan fingerprint density at radius 1 is 1.14 bits per heavy atom. The Labute approximate surface area is 128 Å². The molecule has 6 heteroatoms. The second-order valence-corrected chi connectivity index (χ2v) is 5.87. The van der Waals surface area contributed by atoms with Crippen molar-refractivity contribution >= 4 is 11.9 Å². The van der Waals surface area contributed by atoms with Gasteiger partial charge in [-0.25, -0.2) is 0 Å². The Bertz CT molecular complexity index is 592. The third kappa shape index (κ3) is 3.00. The molecule has 2 N–H and O–H groups in total. The van der Waals surface area contributed by atoms with Crippen molar-refractivity contribution in [3.8, 4) is 11.5 Å². The zero-order chi connectivity index (χ0) is 15.6. The molecule has 1 aliphatic carbocycles. The van der Waals surface area contributed by atoms with Crippen molar-refractivity contribution in [1.29, 1.82) is 0 Å². The van der Waals surface area contributed by atoms with Gasteiger partial charge in [-0.2, -0.15) is 0 Å². The van der Waals surface area contributed by atoms with Crippen molar-refractivity contribution < 1.29 is 24.2 Å². The lowest BCUT2D eigenvalue weighted by Gasteiger charge is -2.29. The van der Waals surface area contributed by atoms with E-state index >= 15 is 0 Å². The lowest BCUT2D eigenvalue weighted by atomic mass is 9.92. The molecular weight excluding hydrogens is 286 g/mol. The van der Waals surface area contributed by atoms with Crippen molar-refractivity contribution in [1.82, 2.24) is 5.32 Å². The van der Waals surface area contributed by atoms with E-state index in [0.717, 1.165) is 12.8 Å². The molecule has 1 amide bonds. The summed E-state index contributed by atoms with van der Waals surface area (Å²) < 4.78 is 10.9. The maximum atomic E-state index is 12.5. The molecule has 1 saturated carbocycles. The summed E-state index contributed by atoms with van der Waals surface area (Å²) in [6, 6.07) is 5.03. The van der Waals surface area contributed by atoms with Gasteiger partial charge in [-0.15, -0.1) is 0 Å². The molecule has 3 rings (SSSR count). The predicted octanol–water partition coefficient (Wildman–Crippen LogP) is 1.98. The Morgan fingerprint density at radius 2 is 1.82 bits per heavy atom. The SMILES string of the molecule is O=C(O)CC1(NC(=O)c2ccc3c(c2)OCCO3)CCCC1. The molecule has 0 bridgehead atoms. The van der Waals surface area contributed by atoms with Crippen LogP contribution in [-0.2, 0) is 4.79 Å². The topological polar surface area (TPSA) is 84.9 Å². The number of amides is 1. The molecule has 0 spiro atoms. The first-order valence-electron chi connectivity index (χ1n) is 7.52. The number of fused-ring (bicyclic) bond motifs is 1.